The molecule has 0 radical (unpaired) electrons. The van der Waals surface area contributed by atoms with E-state index in [0.29, 0.717) is 11.7 Å². The van der Waals surface area contributed by atoms with Crippen LogP contribution in [-0.4, -0.2) is 9.78 Å². The van der Waals surface area contributed by atoms with Crippen LogP contribution in [0.25, 0.3) is 0 Å². The molecule has 5 heteroatoms. The maximum atomic E-state index is 6.23. The summed E-state index contributed by atoms with van der Waals surface area (Å²) in [6, 6.07) is 8.46. The molecule has 3 nitrogen and oxygen atoms in total. The molecule has 0 fully saturated rings. The lowest BCUT2D eigenvalue weighted by Crippen LogP contribution is -2.18. The molecule has 0 amide bonds. The van der Waals surface area contributed by atoms with Gasteiger partial charge in [-0.3, -0.25) is 4.68 Å². The molecule has 2 rings (SSSR count). The van der Waals surface area contributed by atoms with Gasteiger partial charge in [-0.25, -0.2) is 0 Å². The number of aryl methyl sites for hydroxylation is 2. The van der Waals surface area contributed by atoms with Gasteiger partial charge in [0, 0.05) is 29.7 Å². The minimum atomic E-state index is 0.242. The summed E-state index contributed by atoms with van der Waals surface area (Å²) >= 11 is 9.80. The summed E-state index contributed by atoms with van der Waals surface area (Å²) in [7, 11) is 1.86. The molecule has 1 aromatic heterocycles. The van der Waals surface area contributed by atoms with Crippen LogP contribution in [-0.2, 0) is 13.6 Å². The van der Waals surface area contributed by atoms with Gasteiger partial charge in [0.05, 0.1) is 5.69 Å². The van der Waals surface area contributed by atoms with Crippen molar-refractivity contribution in [3.63, 3.8) is 0 Å². The van der Waals surface area contributed by atoms with Crippen molar-refractivity contribution in [1.29, 1.82) is 0 Å². The van der Waals surface area contributed by atoms with Crippen molar-refractivity contribution < 1.29 is 0 Å². The van der Waals surface area contributed by atoms with Crippen molar-refractivity contribution in [2.75, 3.05) is 0 Å². The fraction of sp³-hybridized carbons (Fsp3) is 0.357. The number of hydrogen-bond donors (Lipinski definition) is 1. The van der Waals surface area contributed by atoms with Gasteiger partial charge in [0.25, 0.3) is 0 Å². The molecule has 2 aromatic rings. The van der Waals surface area contributed by atoms with Crippen molar-refractivity contribution >= 4 is 27.5 Å². The number of halogens is 2. The summed E-state index contributed by atoms with van der Waals surface area (Å²) in [6.07, 6.45) is 0. The Bertz CT molecular complexity index is 580. The molecule has 0 saturated heterocycles. The zero-order chi connectivity index (χ0) is 14.0. The molecular weight excluding hydrogens is 326 g/mol. The zero-order valence-electron chi connectivity index (χ0n) is 11.2. The third-order valence-electron chi connectivity index (χ3n) is 3.23. The van der Waals surface area contributed by atoms with Gasteiger partial charge in [0.1, 0.15) is 5.15 Å². The Morgan fingerprint density at radius 1 is 1.42 bits per heavy atom. The second-order valence-corrected chi connectivity index (χ2v) is 5.81. The Hall–Kier alpha value is -0.840. The molecule has 0 aliphatic heterocycles. The molecule has 1 N–H and O–H groups in total. The van der Waals surface area contributed by atoms with Crippen LogP contribution < -0.4 is 5.32 Å². The topological polar surface area (TPSA) is 29.9 Å². The van der Waals surface area contributed by atoms with Crippen LogP contribution in [0.15, 0.2) is 28.7 Å². The van der Waals surface area contributed by atoms with Gasteiger partial charge in [0.15, 0.2) is 0 Å². The van der Waals surface area contributed by atoms with E-state index in [0.717, 1.165) is 15.7 Å². The third-order valence-corrected chi connectivity index (χ3v) is 4.42. The maximum absolute atomic E-state index is 6.23. The van der Waals surface area contributed by atoms with Crippen LogP contribution >= 0.6 is 27.5 Å². The zero-order valence-corrected chi connectivity index (χ0v) is 13.6. The van der Waals surface area contributed by atoms with Crippen molar-refractivity contribution in [1.82, 2.24) is 15.1 Å². The van der Waals surface area contributed by atoms with Crippen LogP contribution in [0.1, 0.15) is 29.8 Å². The molecule has 1 aromatic carbocycles. The molecule has 1 atom stereocenters. The second kappa shape index (κ2) is 6.07. The number of hydrogen-bond acceptors (Lipinski definition) is 2. The smallest absolute Gasteiger partial charge is 0.131 e. The molecule has 19 heavy (non-hydrogen) atoms. The standard InChI is InChI=1S/C14H17BrClN3/c1-9(11-6-4-5-7-13(11)15)17-8-12-10(2)18-19(3)14(12)16/h4-7,9,17H,8H2,1-3H3/t9-/m0/s1. The molecule has 1 heterocycles. The molecule has 102 valence electrons. The number of aromatic nitrogens is 2. The fourth-order valence-electron chi connectivity index (χ4n) is 2.07. The first-order chi connectivity index (χ1) is 9.00. The van der Waals surface area contributed by atoms with Gasteiger partial charge in [-0.05, 0) is 25.5 Å². The lowest BCUT2D eigenvalue weighted by molar-refractivity contribution is 0.571. The lowest BCUT2D eigenvalue weighted by Gasteiger charge is -2.15. The lowest BCUT2D eigenvalue weighted by atomic mass is 10.1. The van der Waals surface area contributed by atoms with E-state index in [1.54, 1.807) is 4.68 Å². The summed E-state index contributed by atoms with van der Waals surface area (Å²) in [6.45, 7) is 4.83. The van der Waals surface area contributed by atoms with Crippen LogP contribution in [0, 0.1) is 6.92 Å². The number of nitrogens with zero attached hydrogens (tertiary/aromatic N) is 2. The van der Waals surface area contributed by atoms with E-state index in [9.17, 15) is 0 Å². The average molecular weight is 343 g/mol. The van der Waals surface area contributed by atoms with Gasteiger partial charge < -0.3 is 5.32 Å². The van der Waals surface area contributed by atoms with Crippen molar-refractivity contribution in [3.8, 4) is 0 Å². The number of benzene rings is 1. The first-order valence-electron chi connectivity index (χ1n) is 6.16. The number of nitrogens with one attached hydrogen (secondary N) is 1. The molecule has 0 saturated carbocycles. The van der Waals surface area contributed by atoms with Crippen molar-refractivity contribution in [3.05, 3.63) is 50.7 Å². The van der Waals surface area contributed by atoms with E-state index in [2.05, 4.69) is 45.4 Å². The highest BCUT2D eigenvalue weighted by molar-refractivity contribution is 9.10. The van der Waals surface area contributed by atoms with Crippen LogP contribution in [0.3, 0.4) is 0 Å². The molecule has 0 unspecified atom stereocenters. The highest BCUT2D eigenvalue weighted by Crippen LogP contribution is 2.24. The summed E-state index contributed by atoms with van der Waals surface area (Å²) in [5.74, 6) is 0. The Morgan fingerprint density at radius 3 is 2.68 bits per heavy atom. The van der Waals surface area contributed by atoms with E-state index < -0.39 is 0 Å². The first-order valence-corrected chi connectivity index (χ1v) is 7.33. The summed E-state index contributed by atoms with van der Waals surface area (Å²) in [4.78, 5) is 0. The summed E-state index contributed by atoms with van der Waals surface area (Å²) in [5.41, 5.74) is 3.27. The second-order valence-electron chi connectivity index (χ2n) is 4.60. The summed E-state index contributed by atoms with van der Waals surface area (Å²) < 4.78 is 2.82. The van der Waals surface area contributed by atoms with Crippen LogP contribution in [0.2, 0.25) is 5.15 Å². The SMILES string of the molecule is Cc1nn(C)c(Cl)c1CN[C@@H](C)c1ccccc1Br. The normalized spacial score (nSPS) is 12.7. The first kappa shape index (κ1) is 14.6. The largest absolute Gasteiger partial charge is 0.306 e. The molecule has 0 spiro atoms. The number of rotatable bonds is 4. The van der Waals surface area contributed by atoms with Gasteiger partial charge >= 0.3 is 0 Å². The summed E-state index contributed by atoms with van der Waals surface area (Å²) in [5, 5.41) is 8.50. The molecule has 0 aliphatic rings. The van der Waals surface area contributed by atoms with Gasteiger partial charge in [-0.2, -0.15) is 5.10 Å². The van der Waals surface area contributed by atoms with Crippen molar-refractivity contribution in [2.24, 2.45) is 7.05 Å². The van der Waals surface area contributed by atoms with Crippen LogP contribution in [0.5, 0.6) is 0 Å². The van der Waals surface area contributed by atoms with Crippen LogP contribution in [0.4, 0.5) is 0 Å². The van der Waals surface area contributed by atoms with E-state index in [1.165, 1.54) is 5.56 Å². The Kier molecular flexibility index (Phi) is 4.66. The molecule has 0 aliphatic carbocycles. The molecular formula is C14H17BrClN3. The fourth-order valence-corrected chi connectivity index (χ4v) is 2.94. The van der Waals surface area contributed by atoms with E-state index in [-0.39, 0.29) is 6.04 Å². The Labute approximate surface area is 127 Å². The minimum absolute atomic E-state index is 0.242. The predicted octanol–water partition coefficient (Wildman–Crippen LogP) is 4.00. The van der Waals surface area contributed by atoms with Gasteiger partial charge in [0.2, 0.25) is 0 Å². The van der Waals surface area contributed by atoms with E-state index >= 15 is 0 Å². The molecule has 0 bridgehead atoms. The maximum Gasteiger partial charge on any atom is 0.131 e. The van der Waals surface area contributed by atoms with E-state index in [1.807, 2.05) is 26.1 Å². The van der Waals surface area contributed by atoms with Crippen molar-refractivity contribution in [2.45, 2.75) is 26.4 Å². The quantitative estimate of drug-likeness (QED) is 0.910. The van der Waals surface area contributed by atoms with Gasteiger partial charge in [-0.1, -0.05) is 45.7 Å². The predicted molar refractivity (Wildman–Crippen MR) is 82.4 cm³/mol. The Morgan fingerprint density at radius 2 is 2.11 bits per heavy atom. The average Bonchev–Trinajstić information content (AvgIpc) is 2.61. The highest BCUT2D eigenvalue weighted by atomic mass is 79.9. The van der Waals surface area contributed by atoms with E-state index in [4.69, 9.17) is 11.6 Å². The minimum Gasteiger partial charge on any atom is -0.306 e. The highest BCUT2D eigenvalue weighted by Gasteiger charge is 2.13. The monoisotopic (exact) mass is 341 g/mol. The van der Waals surface area contributed by atoms with Gasteiger partial charge in [-0.15, -0.1) is 0 Å². The third kappa shape index (κ3) is 3.19. The Balaban J connectivity index is 2.09.